The number of nitrogen functional groups attached to an aromatic ring is 1. The Labute approximate surface area is 118 Å². The quantitative estimate of drug-likeness (QED) is 0.835. The smallest absolute Gasteiger partial charge is 0.251 e. The zero-order chi connectivity index (χ0) is 13.8. The topological polar surface area (TPSA) is 58.4 Å². The van der Waals surface area contributed by atoms with Crippen LogP contribution in [-0.2, 0) is 0 Å². The molecule has 0 aliphatic carbocycles. The summed E-state index contributed by atoms with van der Waals surface area (Å²) in [5.41, 5.74) is 6.74. The van der Waals surface area contributed by atoms with Crippen molar-refractivity contribution in [3.63, 3.8) is 0 Å². The van der Waals surface area contributed by atoms with E-state index in [1.54, 1.807) is 18.2 Å². The Morgan fingerprint density at radius 1 is 1.42 bits per heavy atom. The van der Waals surface area contributed by atoms with Gasteiger partial charge in [0, 0.05) is 35.4 Å². The van der Waals surface area contributed by atoms with Crippen LogP contribution in [0.3, 0.4) is 0 Å². The summed E-state index contributed by atoms with van der Waals surface area (Å²) < 4.78 is 0. The van der Waals surface area contributed by atoms with Gasteiger partial charge in [-0.1, -0.05) is 18.5 Å². The molecule has 104 valence electrons. The van der Waals surface area contributed by atoms with E-state index >= 15 is 0 Å². The molecule has 19 heavy (non-hydrogen) atoms. The number of nitrogens with one attached hydrogen (secondary N) is 1. The van der Waals surface area contributed by atoms with Crippen LogP contribution in [-0.4, -0.2) is 36.5 Å². The number of hydrogen-bond acceptors (Lipinski definition) is 3. The van der Waals surface area contributed by atoms with E-state index in [1.165, 1.54) is 0 Å². The van der Waals surface area contributed by atoms with Gasteiger partial charge in [-0.05, 0) is 37.6 Å². The number of anilines is 1. The third-order valence-corrected chi connectivity index (χ3v) is 3.77. The Morgan fingerprint density at radius 3 is 2.68 bits per heavy atom. The highest BCUT2D eigenvalue weighted by Gasteiger charge is 2.20. The lowest BCUT2D eigenvalue weighted by Crippen LogP contribution is -2.44. The van der Waals surface area contributed by atoms with Gasteiger partial charge in [0.25, 0.3) is 5.91 Å². The third kappa shape index (κ3) is 3.85. The van der Waals surface area contributed by atoms with E-state index in [0.29, 0.717) is 16.3 Å². The summed E-state index contributed by atoms with van der Waals surface area (Å²) in [6.07, 6.45) is 1.99. The van der Waals surface area contributed by atoms with E-state index in [0.717, 1.165) is 32.5 Å². The molecule has 1 aliphatic heterocycles. The highest BCUT2D eigenvalue weighted by atomic mass is 35.5. The van der Waals surface area contributed by atoms with Gasteiger partial charge >= 0.3 is 0 Å². The molecule has 1 heterocycles. The number of piperidine rings is 1. The second-order valence-corrected chi connectivity index (χ2v) is 5.39. The van der Waals surface area contributed by atoms with Crippen molar-refractivity contribution >= 4 is 23.2 Å². The molecule has 1 aromatic carbocycles. The molecule has 0 bridgehead atoms. The molecule has 1 fully saturated rings. The predicted molar refractivity (Wildman–Crippen MR) is 78.5 cm³/mol. The minimum absolute atomic E-state index is 0.0934. The molecule has 5 heteroatoms. The van der Waals surface area contributed by atoms with Gasteiger partial charge in [-0.2, -0.15) is 0 Å². The minimum Gasteiger partial charge on any atom is -0.399 e. The van der Waals surface area contributed by atoms with Crippen LogP contribution in [0.25, 0.3) is 0 Å². The van der Waals surface area contributed by atoms with Crippen LogP contribution in [0.2, 0.25) is 5.02 Å². The number of hydrogen-bond donors (Lipinski definition) is 2. The van der Waals surface area contributed by atoms with Gasteiger partial charge in [-0.15, -0.1) is 0 Å². The zero-order valence-corrected chi connectivity index (χ0v) is 11.9. The van der Waals surface area contributed by atoms with Gasteiger partial charge in [0.2, 0.25) is 0 Å². The predicted octanol–water partition coefficient (Wildman–Crippen LogP) is 2.14. The lowest BCUT2D eigenvalue weighted by molar-refractivity contribution is 0.0912. The fourth-order valence-corrected chi connectivity index (χ4v) is 2.65. The number of amides is 1. The maximum absolute atomic E-state index is 12.1. The number of likely N-dealkylation sites (tertiary alicyclic amines) is 1. The molecule has 2 rings (SSSR count). The average Bonchev–Trinajstić information content (AvgIpc) is 2.38. The maximum Gasteiger partial charge on any atom is 0.251 e. The van der Waals surface area contributed by atoms with Gasteiger partial charge in [0.05, 0.1) is 0 Å². The molecule has 0 spiro atoms. The zero-order valence-electron chi connectivity index (χ0n) is 11.2. The summed E-state index contributed by atoms with van der Waals surface area (Å²) >= 11 is 5.91. The summed E-state index contributed by atoms with van der Waals surface area (Å²) in [5, 5.41) is 3.55. The van der Waals surface area contributed by atoms with E-state index in [4.69, 9.17) is 17.3 Å². The van der Waals surface area contributed by atoms with Crippen LogP contribution < -0.4 is 11.1 Å². The highest BCUT2D eigenvalue weighted by molar-refractivity contribution is 6.31. The molecule has 1 saturated heterocycles. The minimum atomic E-state index is -0.0934. The number of carbonyl (C=O) groups is 1. The summed E-state index contributed by atoms with van der Waals surface area (Å²) in [4.78, 5) is 14.5. The molecule has 0 aromatic heterocycles. The summed E-state index contributed by atoms with van der Waals surface area (Å²) in [7, 11) is 0. The van der Waals surface area contributed by atoms with E-state index in [9.17, 15) is 4.79 Å². The first-order valence-corrected chi connectivity index (χ1v) is 7.05. The number of carbonyl (C=O) groups excluding carboxylic acids is 1. The molecule has 4 nitrogen and oxygen atoms in total. The summed E-state index contributed by atoms with van der Waals surface area (Å²) in [5.74, 6) is -0.0934. The van der Waals surface area contributed by atoms with Crippen LogP contribution in [0.1, 0.15) is 30.1 Å². The number of benzene rings is 1. The van der Waals surface area contributed by atoms with Crippen molar-refractivity contribution < 1.29 is 4.79 Å². The molecule has 3 N–H and O–H groups in total. The molecule has 0 atom stereocenters. The molecular weight excluding hydrogens is 262 g/mol. The number of rotatable bonds is 3. The fourth-order valence-electron chi connectivity index (χ4n) is 2.41. The standard InChI is InChI=1S/C14H20ClN3O/c1-2-18-5-3-13(4-6-18)17-14(19)10-7-11(15)9-12(16)8-10/h7-9,13H,2-6,16H2,1H3,(H,17,19). The number of halogens is 1. The van der Waals surface area contributed by atoms with Crippen LogP contribution in [0.5, 0.6) is 0 Å². The van der Waals surface area contributed by atoms with Crippen molar-refractivity contribution in [1.29, 1.82) is 0 Å². The van der Waals surface area contributed by atoms with Gasteiger partial charge in [0.1, 0.15) is 0 Å². The normalized spacial score (nSPS) is 17.4. The van der Waals surface area contributed by atoms with Crippen molar-refractivity contribution in [2.75, 3.05) is 25.4 Å². The monoisotopic (exact) mass is 281 g/mol. The van der Waals surface area contributed by atoms with E-state index in [2.05, 4.69) is 17.1 Å². The number of nitrogens with zero attached hydrogens (tertiary/aromatic N) is 1. The maximum atomic E-state index is 12.1. The van der Waals surface area contributed by atoms with Gasteiger partial charge < -0.3 is 16.0 Å². The van der Waals surface area contributed by atoms with Crippen LogP contribution in [0.4, 0.5) is 5.69 Å². The molecule has 0 unspecified atom stereocenters. The Balaban J connectivity index is 1.94. The first-order valence-electron chi connectivity index (χ1n) is 6.67. The molecule has 0 saturated carbocycles. The van der Waals surface area contributed by atoms with Crippen molar-refractivity contribution in [1.82, 2.24) is 10.2 Å². The Hall–Kier alpha value is -1.26. The first kappa shape index (κ1) is 14.2. The third-order valence-electron chi connectivity index (χ3n) is 3.55. The van der Waals surface area contributed by atoms with E-state index < -0.39 is 0 Å². The fraction of sp³-hybridized carbons (Fsp3) is 0.500. The molecular formula is C14H20ClN3O. The van der Waals surface area contributed by atoms with E-state index in [-0.39, 0.29) is 11.9 Å². The van der Waals surface area contributed by atoms with Gasteiger partial charge in [0.15, 0.2) is 0 Å². The van der Waals surface area contributed by atoms with Crippen LogP contribution in [0.15, 0.2) is 18.2 Å². The van der Waals surface area contributed by atoms with Gasteiger partial charge in [-0.25, -0.2) is 0 Å². The largest absolute Gasteiger partial charge is 0.399 e. The van der Waals surface area contributed by atoms with Crippen molar-refractivity contribution in [3.8, 4) is 0 Å². The Morgan fingerprint density at radius 2 is 2.11 bits per heavy atom. The molecule has 1 aromatic rings. The average molecular weight is 282 g/mol. The Kier molecular flexibility index (Phi) is 4.66. The van der Waals surface area contributed by atoms with Crippen molar-refractivity contribution in [2.45, 2.75) is 25.8 Å². The molecule has 1 aliphatic rings. The summed E-state index contributed by atoms with van der Waals surface area (Å²) in [6, 6.07) is 5.19. The highest BCUT2D eigenvalue weighted by Crippen LogP contribution is 2.17. The lowest BCUT2D eigenvalue weighted by atomic mass is 10.0. The summed E-state index contributed by atoms with van der Waals surface area (Å²) in [6.45, 7) is 5.32. The first-order chi connectivity index (χ1) is 9.08. The SMILES string of the molecule is CCN1CCC(NC(=O)c2cc(N)cc(Cl)c2)CC1. The van der Waals surface area contributed by atoms with Crippen LogP contribution >= 0.6 is 11.6 Å². The molecule has 1 amide bonds. The molecule has 0 radical (unpaired) electrons. The Bertz CT molecular complexity index is 436. The van der Waals surface area contributed by atoms with Crippen molar-refractivity contribution in [3.05, 3.63) is 28.8 Å². The second-order valence-electron chi connectivity index (χ2n) is 4.96. The van der Waals surface area contributed by atoms with E-state index in [1.807, 2.05) is 0 Å². The number of nitrogens with two attached hydrogens (primary N) is 1. The lowest BCUT2D eigenvalue weighted by Gasteiger charge is -2.31. The second kappa shape index (κ2) is 6.26. The van der Waals surface area contributed by atoms with Crippen LogP contribution in [0, 0.1) is 0 Å². The van der Waals surface area contributed by atoms with Gasteiger partial charge in [-0.3, -0.25) is 4.79 Å². The van der Waals surface area contributed by atoms with Crippen molar-refractivity contribution in [2.24, 2.45) is 0 Å².